The zero-order valence-electron chi connectivity index (χ0n) is 18.0. The molecule has 2 aliphatic heterocycles. The van der Waals surface area contributed by atoms with Gasteiger partial charge in [-0.3, -0.25) is 9.69 Å². The number of carbonyl (C=O) groups is 3. The molecule has 2 rings (SSSR count). The Labute approximate surface area is 173 Å². The number of ether oxygens (including phenoxy) is 1. The fourth-order valence-corrected chi connectivity index (χ4v) is 3.67. The van der Waals surface area contributed by atoms with Crippen molar-refractivity contribution in [3.8, 4) is 0 Å². The Balaban J connectivity index is 1.62. The fraction of sp³-hybridized carbons (Fsp3) is 0.850. The molecular weight excluding hydrogens is 376 g/mol. The number of likely N-dealkylation sites (tertiary alicyclic amines) is 1. The number of aliphatic carboxylic acids is 1. The molecule has 166 valence electrons. The molecule has 2 fully saturated rings. The number of amides is 3. The number of carboxylic acid groups (broad SMARTS) is 1. The van der Waals surface area contributed by atoms with Crippen molar-refractivity contribution in [2.45, 2.75) is 52.1 Å². The van der Waals surface area contributed by atoms with Crippen molar-refractivity contribution in [1.82, 2.24) is 20.0 Å². The molecule has 29 heavy (non-hydrogen) atoms. The van der Waals surface area contributed by atoms with Crippen molar-refractivity contribution in [3.63, 3.8) is 0 Å². The summed E-state index contributed by atoms with van der Waals surface area (Å²) in [4.78, 5) is 40.8. The van der Waals surface area contributed by atoms with Crippen molar-refractivity contribution < 1.29 is 24.2 Å². The van der Waals surface area contributed by atoms with Crippen molar-refractivity contribution in [2.75, 3.05) is 52.4 Å². The maximum absolute atomic E-state index is 12.2. The second-order valence-corrected chi connectivity index (χ2v) is 8.93. The van der Waals surface area contributed by atoms with Gasteiger partial charge in [0.05, 0.1) is 0 Å². The van der Waals surface area contributed by atoms with E-state index < -0.39 is 11.6 Å². The molecular formula is C20H36N4O5. The highest BCUT2D eigenvalue weighted by Crippen LogP contribution is 2.21. The number of carbonyl (C=O) groups excluding carboxylic acids is 2. The Morgan fingerprint density at radius 2 is 1.62 bits per heavy atom. The van der Waals surface area contributed by atoms with Gasteiger partial charge in [-0.15, -0.1) is 0 Å². The zero-order chi connectivity index (χ0) is 21.4. The lowest BCUT2D eigenvalue weighted by molar-refractivity contribution is -0.137. The van der Waals surface area contributed by atoms with E-state index in [0.717, 1.165) is 45.6 Å². The van der Waals surface area contributed by atoms with Crippen LogP contribution in [0, 0.1) is 5.92 Å². The van der Waals surface area contributed by atoms with E-state index >= 15 is 0 Å². The van der Waals surface area contributed by atoms with Gasteiger partial charge in [0.25, 0.3) is 0 Å². The van der Waals surface area contributed by atoms with E-state index in [9.17, 15) is 14.4 Å². The smallest absolute Gasteiger partial charge is 0.410 e. The van der Waals surface area contributed by atoms with Crippen LogP contribution in [0.1, 0.15) is 46.5 Å². The van der Waals surface area contributed by atoms with E-state index in [4.69, 9.17) is 9.84 Å². The Bertz CT molecular complexity index is 562. The summed E-state index contributed by atoms with van der Waals surface area (Å²) in [5, 5.41) is 11.4. The Kier molecular flexibility index (Phi) is 8.55. The number of urea groups is 1. The Hall–Kier alpha value is -2.03. The van der Waals surface area contributed by atoms with Gasteiger partial charge in [0.2, 0.25) is 0 Å². The van der Waals surface area contributed by atoms with Gasteiger partial charge in [-0.2, -0.15) is 0 Å². The number of piperazine rings is 1. The zero-order valence-corrected chi connectivity index (χ0v) is 18.0. The largest absolute Gasteiger partial charge is 0.481 e. The van der Waals surface area contributed by atoms with Crippen molar-refractivity contribution in [3.05, 3.63) is 0 Å². The highest BCUT2D eigenvalue weighted by Gasteiger charge is 2.29. The lowest BCUT2D eigenvalue weighted by Crippen LogP contribution is -2.53. The van der Waals surface area contributed by atoms with Crippen LogP contribution in [0.25, 0.3) is 0 Å². The molecule has 2 heterocycles. The van der Waals surface area contributed by atoms with Crippen molar-refractivity contribution >= 4 is 18.1 Å². The molecule has 0 bridgehead atoms. The maximum Gasteiger partial charge on any atom is 0.410 e. The average Bonchev–Trinajstić information content (AvgIpc) is 2.64. The predicted octanol–water partition coefficient (Wildman–Crippen LogP) is 1.83. The highest BCUT2D eigenvalue weighted by atomic mass is 16.6. The van der Waals surface area contributed by atoms with E-state index in [1.165, 1.54) is 0 Å². The highest BCUT2D eigenvalue weighted by molar-refractivity contribution is 5.74. The summed E-state index contributed by atoms with van der Waals surface area (Å²) >= 11 is 0. The summed E-state index contributed by atoms with van der Waals surface area (Å²) in [7, 11) is 0. The number of piperidine rings is 1. The Morgan fingerprint density at radius 3 is 2.17 bits per heavy atom. The van der Waals surface area contributed by atoms with E-state index in [-0.39, 0.29) is 18.5 Å². The topological polar surface area (TPSA) is 102 Å². The minimum Gasteiger partial charge on any atom is -0.481 e. The second kappa shape index (κ2) is 10.7. The van der Waals surface area contributed by atoms with Crippen molar-refractivity contribution in [1.29, 1.82) is 0 Å². The monoisotopic (exact) mass is 412 g/mol. The number of hydrogen-bond donors (Lipinski definition) is 2. The average molecular weight is 413 g/mol. The first kappa shape index (κ1) is 23.3. The Morgan fingerprint density at radius 1 is 1.00 bits per heavy atom. The van der Waals surface area contributed by atoms with E-state index in [2.05, 4.69) is 10.2 Å². The van der Waals surface area contributed by atoms with Crippen LogP contribution in [-0.2, 0) is 9.53 Å². The first-order valence-corrected chi connectivity index (χ1v) is 10.6. The van der Waals surface area contributed by atoms with Crippen LogP contribution in [0.5, 0.6) is 0 Å². The summed E-state index contributed by atoms with van der Waals surface area (Å²) in [6, 6.07) is -0.110. The molecule has 9 nitrogen and oxygen atoms in total. The van der Waals surface area contributed by atoms with Crippen molar-refractivity contribution in [2.24, 2.45) is 5.92 Å². The number of nitrogens with zero attached hydrogens (tertiary/aromatic N) is 3. The number of nitrogens with one attached hydrogen (secondary N) is 1. The van der Waals surface area contributed by atoms with Crippen LogP contribution >= 0.6 is 0 Å². The molecule has 2 saturated heterocycles. The lowest BCUT2D eigenvalue weighted by Gasteiger charge is -2.39. The molecule has 0 aromatic rings. The van der Waals surface area contributed by atoms with Gasteiger partial charge >= 0.3 is 18.1 Å². The minimum atomic E-state index is -0.843. The van der Waals surface area contributed by atoms with Crippen LogP contribution in [0.3, 0.4) is 0 Å². The third-order valence-electron chi connectivity index (χ3n) is 5.29. The van der Waals surface area contributed by atoms with Crippen LogP contribution in [0.15, 0.2) is 0 Å². The molecule has 0 spiro atoms. The van der Waals surface area contributed by atoms with Crippen LogP contribution in [0.2, 0.25) is 0 Å². The molecule has 0 atom stereocenters. The quantitative estimate of drug-likeness (QED) is 0.645. The third-order valence-corrected chi connectivity index (χ3v) is 5.29. The molecule has 0 aromatic carbocycles. The van der Waals surface area contributed by atoms with Gasteiger partial charge in [-0.1, -0.05) is 0 Å². The number of carboxylic acids is 1. The minimum absolute atomic E-state index is 0.0702. The SMILES string of the molecule is CC(C)(C)OC(=O)N1CCC(CN2CCN(C(=O)NCCCC(=O)O)CC2)CC1. The molecule has 2 N–H and O–H groups in total. The van der Waals surface area contributed by atoms with Gasteiger partial charge < -0.3 is 25.0 Å². The summed E-state index contributed by atoms with van der Waals surface area (Å²) in [6.07, 6.45) is 2.25. The molecule has 2 aliphatic rings. The van der Waals surface area contributed by atoms with Crippen LogP contribution in [-0.4, -0.2) is 95.9 Å². The first-order chi connectivity index (χ1) is 13.6. The van der Waals surface area contributed by atoms with E-state index in [0.29, 0.717) is 32.0 Å². The van der Waals surface area contributed by atoms with Crippen LogP contribution < -0.4 is 5.32 Å². The van der Waals surface area contributed by atoms with E-state index in [1.54, 1.807) is 9.80 Å². The molecule has 0 aromatic heterocycles. The number of rotatable bonds is 6. The third kappa shape index (κ3) is 8.47. The van der Waals surface area contributed by atoms with Gasteiger partial charge in [-0.05, 0) is 46.0 Å². The molecule has 0 radical (unpaired) electrons. The first-order valence-electron chi connectivity index (χ1n) is 10.6. The van der Waals surface area contributed by atoms with Crippen LogP contribution in [0.4, 0.5) is 9.59 Å². The maximum atomic E-state index is 12.2. The molecule has 9 heteroatoms. The molecule has 0 aliphatic carbocycles. The van der Waals surface area contributed by atoms with Gasteiger partial charge in [0.1, 0.15) is 5.60 Å². The molecule has 3 amide bonds. The van der Waals surface area contributed by atoms with Gasteiger partial charge in [0, 0.05) is 58.8 Å². The standard InChI is InChI=1S/C20H36N4O5/c1-20(2,3)29-19(28)24-9-6-16(7-10-24)15-22-11-13-23(14-12-22)18(27)21-8-4-5-17(25)26/h16H,4-15H2,1-3H3,(H,21,27)(H,25,26). The van der Waals surface area contributed by atoms with Gasteiger partial charge in [-0.25, -0.2) is 9.59 Å². The van der Waals surface area contributed by atoms with Gasteiger partial charge in [0.15, 0.2) is 0 Å². The summed E-state index contributed by atoms with van der Waals surface area (Å²) in [5.74, 6) is -0.283. The molecule has 0 saturated carbocycles. The summed E-state index contributed by atoms with van der Waals surface area (Å²) < 4.78 is 5.45. The lowest BCUT2D eigenvalue weighted by atomic mass is 9.96. The predicted molar refractivity (Wildman–Crippen MR) is 109 cm³/mol. The summed E-state index contributed by atoms with van der Waals surface area (Å²) in [5.41, 5.74) is -0.462. The van der Waals surface area contributed by atoms with E-state index in [1.807, 2.05) is 20.8 Å². The number of hydrogen-bond acceptors (Lipinski definition) is 5. The molecule has 0 unspecified atom stereocenters. The normalized spacial score (nSPS) is 19.1. The fourth-order valence-electron chi connectivity index (χ4n) is 3.67. The summed E-state index contributed by atoms with van der Waals surface area (Å²) in [6.45, 7) is 11.6. The second-order valence-electron chi connectivity index (χ2n) is 8.93.